The van der Waals surface area contributed by atoms with Gasteiger partial charge in [0, 0.05) is 36.0 Å². The lowest BCUT2D eigenvalue weighted by Crippen LogP contribution is -2.07. The summed E-state index contributed by atoms with van der Waals surface area (Å²) in [5, 5.41) is 12.0. The van der Waals surface area contributed by atoms with Gasteiger partial charge in [0.25, 0.3) is 0 Å². The molecule has 6 N–H and O–H groups in total. The summed E-state index contributed by atoms with van der Waals surface area (Å²) in [7, 11) is 3.16. The molecule has 0 bridgehead atoms. The number of aromatic nitrogens is 2. The molecule has 31 heavy (non-hydrogen) atoms. The number of carboxylic acid groups (broad SMARTS) is 1. The second-order valence-electron chi connectivity index (χ2n) is 6.85. The Labute approximate surface area is 180 Å². The molecule has 1 aromatic heterocycles. The number of carboxylic acids is 1. The highest BCUT2D eigenvalue weighted by Crippen LogP contribution is 2.40. The maximum absolute atomic E-state index is 10.8. The Morgan fingerprint density at radius 3 is 2.65 bits per heavy atom. The van der Waals surface area contributed by atoms with Crippen LogP contribution in [0.25, 0.3) is 11.1 Å². The van der Waals surface area contributed by atoms with Gasteiger partial charge in [-0.3, -0.25) is 4.79 Å². The summed E-state index contributed by atoms with van der Waals surface area (Å²) in [5.41, 5.74) is 15.8. The van der Waals surface area contributed by atoms with Gasteiger partial charge in [0.05, 0.1) is 20.6 Å². The summed E-state index contributed by atoms with van der Waals surface area (Å²) >= 11 is 0. The Hall–Kier alpha value is -4.01. The molecule has 0 atom stereocenters. The number of nitrogens with two attached hydrogens (primary N) is 2. The van der Waals surface area contributed by atoms with Crippen molar-refractivity contribution in [2.24, 2.45) is 0 Å². The van der Waals surface area contributed by atoms with Crippen LogP contribution in [-0.4, -0.2) is 41.8 Å². The van der Waals surface area contributed by atoms with Crippen molar-refractivity contribution in [3.63, 3.8) is 0 Å². The summed E-state index contributed by atoms with van der Waals surface area (Å²) < 4.78 is 11.2. The fourth-order valence-electron chi connectivity index (χ4n) is 3.24. The third kappa shape index (κ3) is 5.33. The normalized spacial score (nSPS) is 10.5. The molecule has 0 aliphatic heterocycles. The summed E-state index contributed by atoms with van der Waals surface area (Å²) in [6.45, 7) is 0.329. The highest BCUT2D eigenvalue weighted by atomic mass is 16.5. The number of hydrogen-bond donors (Lipinski definition) is 4. The first kappa shape index (κ1) is 21.7. The number of benzene rings is 2. The minimum atomic E-state index is -0.853. The maximum atomic E-state index is 10.8. The highest BCUT2D eigenvalue weighted by molar-refractivity contribution is 5.77. The molecule has 3 aromatic rings. The molecule has 3 rings (SSSR count). The van der Waals surface area contributed by atoms with Gasteiger partial charge in [0.1, 0.15) is 5.82 Å². The van der Waals surface area contributed by atoms with Gasteiger partial charge in [-0.1, -0.05) is 12.1 Å². The first-order valence-electron chi connectivity index (χ1n) is 9.59. The molecule has 0 aliphatic carbocycles. The van der Waals surface area contributed by atoms with Crippen molar-refractivity contribution in [3.8, 4) is 22.6 Å². The number of carbonyl (C=O) groups is 1. The second-order valence-corrected chi connectivity index (χ2v) is 6.85. The van der Waals surface area contributed by atoms with Crippen molar-refractivity contribution in [1.82, 2.24) is 9.97 Å². The molecule has 0 spiro atoms. The topological polar surface area (TPSA) is 146 Å². The van der Waals surface area contributed by atoms with E-state index >= 15 is 0 Å². The standard InChI is InChI=1S/C22H25N5O4/c1-30-18-10-13(8-15-12-26-22(24)27-21(15)23)9-17(20(18)31-2)14-4-3-5-16(11-14)25-7-6-19(28)29/h3-5,9-12,25H,6-8H2,1-2H3,(H,28,29)(H4,23,24,26,27). The number of rotatable bonds is 9. The Kier molecular flexibility index (Phi) is 6.76. The third-order valence-electron chi connectivity index (χ3n) is 4.69. The molecule has 9 heteroatoms. The van der Waals surface area contributed by atoms with Gasteiger partial charge in [0.15, 0.2) is 11.5 Å². The van der Waals surface area contributed by atoms with Gasteiger partial charge in [-0.2, -0.15) is 4.98 Å². The quantitative estimate of drug-likeness (QED) is 0.408. The fraction of sp³-hybridized carbons (Fsp3) is 0.227. The van der Waals surface area contributed by atoms with Gasteiger partial charge in [-0.15, -0.1) is 0 Å². The van der Waals surface area contributed by atoms with E-state index in [1.165, 1.54) is 0 Å². The zero-order chi connectivity index (χ0) is 22.4. The zero-order valence-electron chi connectivity index (χ0n) is 17.4. The lowest BCUT2D eigenvalue weighted by atomic mass is 9.97. The Morgan fingerprint density at radius 2 is 1.97 bits per heavy atom. The van der Waals surface area contributed by atoms with Crippen LogP contribution < -0.4 is 26.3 Å². The van der Waals surface area contributed by atoms with E-state index in [2.05, 4.69) is 15.3 Å². The minimum Gasteiger partial charge on any atom is -0.493 e. The first-order valence-corrected chi connectivity index (χ1v) is 9.59. The minimum absolute atomic E-state index is 0.0297. The van der Waals surface area contributed by atoms with Crippen LogP contribution in [0.5, 0.6) is 11.5 Å². The number of nitrogen functional groups attached to an aromatic ring is 2. The Bertz CT molecular complexity index is 1090. The van der Waals surface area contributed by atoms with Crippen molar-refractivity contribution in [2.75, 3.05) is 37.5 Å². The van der Waals surface area contributed by atoms with Gasteiger partial charge < -0.3 is 31.4 Å². The molecule has 0 aliphatic rings. The van der Waals surface area contributed by atoms with Gasteiger partial charge >= 0.3 is 5.97 Å². The first-order chi connectivity index (χ1) is 14.9. The molecule has 162 valence electrons. The van der Waals surface area contributed by atoms with Crippen LogP contribution in [0, 0.1) is 0 Å². The lowest BCUT2D eigenvalue weighted by Gasteiger charge is -2.16. The molecular formula is C22H25N5O4. The Balaban J connectivity index is 1.99. The number of methoxy groups -OCH3 is 2. The maximum Gasteiger partial charge on any atom is 0.305 e. The monoisotopic (exact) mass is 423 g/mol. The molecular weight excluding hydrogens is 398 g/mol. The van der Waals surface area contributed by atoms with E-state index in [1.807, 2.05) is 36.4 Å². The molecule has 0 saturated heterocycles. The summed E-state index contributed by atoms with van der Waals surface area (Å²) in [4.78, 5) is 18.8. The molecule has 0 fully saturated rings. The molecule has 2 aromatic carbocycles. The molecule has 0 saturated carbocycles. The number of nitrogens with zero attached hydrogens (tertiary/aromatic N) is 2. The van der Waals surface area contributed by atoms with E-state index in [0.29, 0.717) is 30.3 Å². The largest absolute Gasteiger partial charge is 0.493 e. The van der Waals surface area contributed by atoms with Crippen molar-refractivity contribution in [3.05, 3.63) is 53.7 Å². The predicted octanol–water partition coefficient (Wildman–Crippen LogP) is 2.80. The van der Waals surface area contributed by atoms with E-state index in [-0.39, 0.29) is 12.4 Å². The summed E-state index contributed by atoms with van der Waals surface area (Å²) in [5.74, 6) is 0.772. The van der Waals surface area contributed by atoms with Crippen LogP contribution in [0.4, 0.5) is 17.5 Å². The van der Waals surface area contributed by atoms with Crippen LogP contribution in [0.1, 0.15) is 17.5 Å². The number of aliphatic carboxylic acids is 1. The van der Waals surface area contributed by atoms with E-state index in [0.717, 1.165) is 27.9 Å². The zero-order valence-corrected chi connectivity index (χ0v) is 17.4. The van der Waals surface area contributed by atoms with Gasteiger partial charge in [0.2, 0.25) is 5.95 Å². The van der Waals surface area contributed by atoms with Crippen LogP contribution in [-0.2, 0) is 11.2 Å². The molecule has 0 amide bonds. The van der Waals surface area contributed by atoms with E-state index < -0.39 is 5.97 Å². The smallest absolute Gasteiger partial charge is 0.305 e. The highest BCUT2D eigenvalue weighted by Gasteiger charge is 2.16. The van der Waals surface area contributed by atoms with Crippen molar-refractivity contribution < 1.29 is 19.4 Å². The SMILES string of the molecule is COc1cc(Cc2cnc(N)nc2N)cc(-c2cccc(NCCC(=O)O)c2)c1OC. The Morgan fingerprint density at radius 1 is 1.16 bits per heavy atom. The average Bonchev–Trinajstić information content (AvgIpc) is 2.75. The number of nitrogens with one attached hydrogen (secondary N) is 1. The predicted molar refractivity (Wildman–Crippen MR) is 119 cm³/mol. The van der Waals surface area contributed by atoms with Crippen LogP contribution >= 0.6 is 0 Å². The van der Waals surface area contributed by atoms with Gasteiger partial charge in [-0.05, 0) is 35.4 Å². The number of ether oxygens (including phenoxy) is 2. The third-order valence-corrected chi connectivity index (χ3v) is 4.69. The summed E-state index contributed by atoms with van der Waals surface area (Å²) in [6, 6.07) is 11.5. The summed E-state index contributed by atoms with van der Waals surface area (Å²) in [6.07, 6.45) is 2.12. The molecule has 9 nitrogen and oxygen atoms in total. The number of anilines is 3. The second kappa shape index (κ2) is 9.66. The fourth-order valence-corrected chi connectivity index (χ4v) is 3.24. The molecule has 0 unspecified atom stereocenters. The van der Waals surface area contributed by atoms with E-state index in [4.69, 9.17) is 26.0 Å². The lowest BCUT2D eigenvalue weighted by molar-refractivity contribution is -0.136. The van der Waals surface area contributed by atoms with Crippen LogP contribution in [0.2, 0.25) is 0 Å². The van der Waals surface area contributed by atoms with Crippen LogP contribution in [0.15, 0.2) is 42.6 Å². The average molecular weight is 423 g/mol. The van der Waals surface area contributed by atoms with E-state index in [1.54, 1.807) is 20.4 Å². The van der Waals surface area contributed by atoms with Crippen molar-refractivity contribution in [2.45, 2.75) is 12.8 Å². The van der Waals surface area contributed by atoms with Crippen molar-refractivity contribution >= 4 is 23.4 Å². The number of hydrogen-bond acceptors (Lipinski definition) is 8. The van der Waals surface area contributed by atoms with E-state index in [9.17, 15) is 4.79 Å². The van der Waals surface area contributed by atoms with Crippen LogP contribution in [0.3, 0.4) is 0 Å². The molecule has 0 radical (unpaired) electrons. The molecule has 1 heterocycles. The van der Waals surface area contributed by atoms with Gasteiger partial charge in [-0.25, -0.2) is 4.98 Å². The van der Waals surface area contributed by atoms with Crippen molar-refractivity contribution in [1.29, 1.82) is 0 Å².